The summed E-state index contributed by atoms with van der Waals surface area (Å²) in [6.07, 6.45) is 0.968. The third-order valence-electron chi connectivity index (χ3n) is 3.37. The van der Waals surface area contributed by atoms with Crippen LogP contribution in [0.4, 0.5) is 0 Å². The van der Waals surface area contributed by atoms with Gasteiger partial charge in [-0.25, -0.2) is 4.63 Å². The quantitative estimate of drug-likeness (QED) is 0.840. The first-order chi connectivity index (χ1) is 9.65. The number of aromatic nitrogens is 2. The summed E-state index contributed by atoms with van der Waals surface area (Å²) in [5.74, 6) is -0.00227. The summed E-state index contributed by atoms with van der Waals surface area (Å²) in [7, 11) is 0. The molecule has 0 saturated heterocycles. The molecule has 5 nitrogen and oxygen atoms in total. The molecule has 1 aromatic carbocycles. The first-order valence-corrected chi connectivity index (χ1v) is 6.82. The van der Waals surface area contributed by atoms with Crippen molar-refractivity contribution in [3.8, 4) is 0 Å². The van der Waals surface area contributed by atoms with Crippen molar-refractivity contribution in [2.24, 2.45) is 0 Å². The molecule has 0 bridgehead atoms. The molecule has 0 unspecified atom stereocenters. The Morgan fingerprint density at radius 3 is 2.40 bits per heavy atom. The van der Waals surface area contributed by atoms with Crippen molar-refractivity contribution in [2.45, 2.75) is 33.7 Å². The highest BCUT2D eigenvalue weighted by Gasteiger charge is 2.17. The van der Waals surface area contributed by atoms with E-state index in [0.29, 0.717) is 24.3 Å². The summed E-state index contributed by atoms with van der Waals surface area (Å²) in [6, 6.07) is 7.73. The summed E-state index contributed by atoms with van der Waals surface area (Å²) in [5.41, 5.74) is 3.34. The first kappa shape index (κ1) is 14.2. The van der Waals surface area contributed by atoms with Crippen molar-refractivity contribution < 1.29 is 9.42 Å². The van der Waals surface area contributed by atoms with Gasteiger partial charge >= 0.3 is 0 Å². The number of amides is 1. The van der Waals surface area contributed by atoms with Crippen molar-refractivity contribution in [1.29, 1.82) is 0 Å². The van der Waals surface area contributed by atoms with E-state index in [1.165, 1.54) is 5.56 Å². The van der Waals surface area contributed by atoms with Crippen LogP contribution < -0.4 is 0 Å². The van der Waals surface area contributed by atoms with Gasteiger partial charge in [0.1, 0.15) is 11.4 Å². The fourth-order valence-electron chi connectivity index (χ4n) is 1.97. The van der Waals surface area contributed by atoms with Gasteiger partial charge in [-0.05, 0) is 38.0 Å². The molecule has 0 atom stereocenters. The predicted molar refractivity (Wildman–Crippen MR) is 75.3 cm³/mol. The number of carbonyl (C=O) groups is 1. The van der Waals surface area contributed by atoms with Gasteiger partial charge in [0, 0.05) is 12.1 Å². The second-order valence-corrected chi connectivity index (χ2v) is 4.67. The van der Waals surface area contributed by atoms with Gasteiger partial charge in [-0.3, -0.25) is 4.79 Å². The van der Waals surface area contributed by atoms with Crippen LogP contribution in [0.2, 0.25) is 0 Å². The van der Waals surface area contributed by atoms with E-state index in [1.807, 2.05) is 38.1 Å². The zero-order valence-electron chi connectivity index (χ0n) is 12.1. The number of hydrogen-bond acceptors (Lipinski definition) is 4. The molecule has 2 aromatic rings. The van der Waals surface area contributed by atoms with E-state index in [0.717, 1.165) is 12.1 Å². The Kier molecular flexibility index (Phi) is 4.50. The van der Waals surface area contributed by atoms with Crippen LogP contribution in [-0.4, -0.2) is 27.7 Å². The molecule has 2 rings (SSSR count). The van der Waals surface area contributed by atoms with Crippen LogP contribution in [0, 0.1) is 6.92 Å². The highest BCUT2D eigenvalue weighted by atomic mass is 16.6. The lowest BCUT2D eigenvalue weighted by atomic mass is 10.1. The maximum Gasteiger partial charge on any atom is 0.254 e. The van der Waals surface area contributed by atoms with E-state index in [2.05, 4.69) is 21.9 Å². The third kappa shape index (κ3) is 3.04. The largest absolute Gasteiger partial charge is 0.333 e. The Labute approximate surface area is 118 Å². The van der Waals surface area contributed by atoms with Gasteiger partial charge in [0.25, 0.3) is 5.91 Å². The number of aryl methyl sites for hydroxylation is 2. The highest BCUT2D eigenvalue weighted by Crippen LogP contribution is 2.12. The van der Waals surface area contributed by atoms with Gasteiger partial charge in [0.2, 0.25) is 0 Å². The van der Waals surface area contributed by atoms with E-state index in [1.54, 1.807) is 4.90 Å². The molecule has 0 spiro atoms. The van der Waals surface area contributed by atoms with Crippen molar-refractivity contribution in [3.05, 3.63) is 46.8 Å². The van der Waals surface area contributed by atoms with Crippen LogP contribution in [0.25, 0.3) is 0 Å². The molecule has 0 aliphatic carbocycles. The smallest absolute Gasteiger partial charge is 0.254 e. The van der Waals surface area contributed by atoms with Crippen LogP contribution in [0.3, 0.4) is 0 Å². The molecule has 0 N–H and O–H groups in total. The Hall–Kier alpha value is -2.17. The normalized spacial score (nSPS) is 10.6. The second kappa shape index (κ2) is 6.32. The van der Waals surface area contributed by atoms with Gasteiger partial charge in [0.15, 0.2) is 0 Å². The van der Waals surface area contributed by atoms with Crippen LogP contribution in [0.15, 0.2) is 28.9 Å². The molecule has 1 heterocycles. The maximum atomic E-state index is 12.5. The van der Waals surface area contributed by atoms with E-state index in [-0.39, 0.29) is 5.91 Å². The molecular formula is C15H19N3O2. The highest BCUT2D eigenvalue weighted by molar-refractivity contribution is 5.94. The Morgan fingerprint density at radius 1 is 1.20 bits per heavy atom. The second-order valence-electron chi connectivity index (χ2n) is 4.67. The topological polar surface area (TPSA) is 59.2 Å². The fraction of sp³-hybridized carbons (Fsp3) is 0.400. The van der Waals surface area contributed by atoms with Gasteiger partial charge in [-0.2, -0.15) is 0 Å². The van der Waals surface area contributed by atoms with Crippen LogP contribution in [0.1, 0.15) is 41.2 Å². The van der Waals surface area contributed by atoms with Crippen molar-refractivity contribution in [2.75, 3.05) is 6.54 Å². The number of hydrogen-bond donors (Lipinski definition) is 0. The van der Waals surface area contributed by atoms with E-state index < -0.39 is 0 Å². The van der Waals surface area contributed by atoms with E-state index in [9.17, 15) is 4.79 Å². The zero-order chi connectivity index (χ0) is 14.5. The molecule has 5 heteroatoms. The first-order valence-electron chi connectivity index (χ1n) is 6.82. The van der Waals surface area contributed by atoms with Crippen molar-refractivity contribution >= 4 is 5.91 Å². The molecule has 0 saturated carbocycles. The molecule has 0 aliphatic rings. The molecular weight excluding hydrogens is 254 g/mol. The molecule has 1 aromatic heterocycles. The van der Waals surface area contributed by atoms with Gasteiger partial charge in [-0.1, -0.05) is 29.4 Å². The number of carbonyl (C=O) groups excluding carboxylic acids is 1. The third-order valence-corrected chi connectivity index (χ3v) is 3.37. The molecule has 0 aliphatic heterocycles. The monoisotopic (exact) mass is 273 g/mol. The molecule has 0 fully saturated rings. The van der Waals surface area contributed by atoms with E-state index >= 15 is 0 Å². The summed E-state index contributed by atoms with van der Waals surface area (Å²) in [5, 5.41) is 7.56. The average Bonchev–Trinajstić information content (AvgIpc) is 2.89. The Bertz CT molecular complexity index is 575. The maximum absolute atomic E-state index is 12.5. The van der Waals surface area contributed by atoms with Gasteiger partial charge in [0.05, 0.1) is 6.54 Å². The van der Waals surface area contributed by atoms with Crippen molar-refractivity contribution in [3.63, 3.8) is 0 Å². The number of rotatable bonds is 5. The fourth-order valence-corrected chi connectivity index (χ4v) is 1.97. The Balaban J connectivity index is 2.14. The number of benzene rings is 1. The van der Waals surface area contributed by atoms with Gasteiger partial charge in [-0.15, -0.1) is 0 Å². The minimum Gasteiger partial charge on any atom is -0.333 e. The minimum absolute atomic E-state index is 0.00227. The molecule has 20 heavy (non-hydrogen) atoms. The SMILES string of the molecule is CCc1ccc(C(=O)N(CC)Cc2nonc2C)cc1. The molecule has 0 radical (unpaired) electrons. The lowest BCUT2D eigenvalue weighted by Gasteiger charge is -2.19. The lowest BCUT2D eigenvalue weighted by Crippen LogP contribution is -2.30. The number of nitrogens with zero attached hydrogens (tertiary/aromatic N) is 3. The molecule has 1 amide bonds. The van der Waals surface area contributed by atoms with Crippen LogP contribution in [-0.2, 0) is 13.0 Å². The summed E-state index contributed by atoms with van der Waals surface area (Å²) >= 11 is 0. The summed E-state index contributed by atoms with van der Waals surface area (Å²) in [4.78, 5) is 14.2. The standard InChI is InChI=1S/C15H19N3O2/c1-4-12-6-8-13(9-7-12)15(19)18(5-2)10-14-11(3)16-20-17-14/h6-9H,4-5,10H2,1-3H3. The van der Waals surface area contributed by atoms with Gasteiger partial charge < -0.3 is 4.90 Å². The molecule has 106 valence electrons. The predicted octanol–water partition coefficient (Wildman–Crippen LogP) is 2.60. The van der Waals surface area contributed by atoms with Crippen LogP contribution in [0.5, 0.6) is 0 Å². The zero-order valence-corrected chi connectivity index (χ0v) is 12.1. The van der Waals surface area contributed by atoms with E-state index in [4.69, 9.17) is 0 Å². The Morgan fingerprint density at radius 2 is 1.90 bits per heavy atom. The van der Waals surface area contributed by atoms with Crippen LogP contribution >= 0.6 is 0 Å². The minimum atomic E-state index is -0.00227. The van der Waals surface area contributed by atoms with Crippen molar-refractivity contribution in [1.82, 2.24) is 15.2 Å². The lowest BCUT2D eigenvalue weighted by molar-refractivity contribution is 0.0748. The average molecular weight is 273 g/mol. The summed E-state index contributed by atoms with van der Waals surface area (Å²) < 4.78 is 4.67. The summed E-state index contributed by atoms with van der Waals surface area (Å²) in [6.45, 7) is 6.89.